The number of pyridine rings is 4. The molecule has 0 saturated carbocycles. The van der Waals surface area contributed by atoms with Crippen molar-refractivity contribution in [3.8, 4) is 45.2 Å². The van der Waals surface area contributed by atoms with E-state index in [9.17, 15) is 0 Å². The van der Waals surface area contributed by atoms with Gasteiger partial charge in [-0.3, -0.25) is 9.97 Å². The zero-order chi connectivity index (χ0) is 29.7. The second kappa shape index (κ2) is 10.2. The van der Waals surface area contributed by atoms with Crippen molar-refractivity contribution in [1.29, 1.82) is 0 Å². The van der Waals surface area contributed by atoms with Crippen LogP contribution in [0.3, 0.4) is 0 Å². The van der Waals surface area contributed by atoms with Gasteiger partial charge in [0.1, 0.15) is 11.2 Å². The SMILES string of the molecule is c1ccc(-c2cc(-c3cccc(-c4nc5ccccc5c5c4ccc4c6ccccc6oc45)c3)cc(-c3ccccn3)n2)nc1. The molecule has 0 fully saturated rings. The van der Waals surface area contributed by atoms with Crippen LogP contribution in [-0.4, -0.2) is 19.9 Å². The van der Waals surface area contributed by atoms with E-state index < -0.39 is 0 Å². The molecule has 0 aliphatic carbocycles. The second-order valence-corrected chi connectivity index (χ2v) is 11.1. The van der Waals surface area contributed by atoms with E-state index in [1.807, 2.05) is 54.6 Å². The number of nitrogens with zero attached hydrogens (tertiary/aromatic N) is 4. The van der Waals surface area contributed by atoms with Gasteiger partial charge >= 0.3 is 0 Å². The average Bonchev–Trinajstić information content (AvgIpc) is 3.51. The summed E-state index contributed by atoms with van der Waals surface area (Å²) in [6.07, 6.45) is 3.58. The minimum absolute atomic E-state index is 0.792. The standard InChI is InChI=1S/C40H24N4O/c1-3-14-32-30(13-1)38-31(19-18-29-28-12-2-4-17-37(28)45-40(29)38)39(44-32)26-11-9-10-25(22-26)27-23-35(33-15-5-7-20-41-33)43-36(24-27)34-16-6-8-21-42-34/h1-24H. The first-order valence-electron chi connectivity index (χ1n) is 14.9. The van der Waals surface area contributed by atoms with Gasteiger partial charge < -0.3 is 4.42 Å². The number of hydrogen-bond donors (Lipinski definition) is 0. The summed E-state index contributed by atoms with van der Waals surface area (Å²) in [5.74, 6) is 0. The van der Waals surface area contributed by atoms with Crippen LogP contribution in [-0.2, 0) is 0 Å². The number of rotatable bonds is 4. The maximum Gasteiger partial charge on any atom is 0.144 e. The number of benzene rings is 4. The number of aromatic nitrogens is 4. The molecule has 0 aliphatic heterocycles. The molecule has 4 aromatic carbocycles. The molecule has 0 N–H and O–H groups in total. The number of furan rings is 1. The van der Waals surface area contributed by atoms with Crippen molar-refractivity contribution in [2.24, 2.45) is 0 Å². The highest BCUT2D eigenvalue weighted by Crippen LogP contribution is 2.41. The van der Waals surface area contributed by atoms with Crippen molar-refractivity contribution in [1.82, 2.24) is 19.9 Å². The Hall–Kier alpha value is -6.20. The first-order valence-corrected chi connectivity index (χ1v) is 14.9. The maximum absolute atomic E-state index is 6.52. The molecule has 45 heavy (non-hydrogen) atoms. The Balaban J connectivity index is 1.27. The van der Waals surface area contributed by atoms with Gasteiger partial charge in [-0.2, -0.15) is 0 Å². The van der Waals surface area contributed by atoms with Crippen LogP contribution in [0.1, 0.15) is 0 Å². The number of hydrogen-bond acceptors (Lipinski definition) is 5. The highest BCUT2D eigenvalue weighted by atomic mass is 16.3. The molecule has 0 unspecified atom stereocenters. The van der Waals surface area contributed by atoms with Crippen molar-refractivity contribution >= 4 is 43.6 Å². The summed E-state index contributed by atoms with van der Waals surface area (Å²) in [4.78, 5) is 19.4. The molecule has 0 radical (unpaired) electrons. The van der Waals surface area contributed by atoms with Crippen LogP contribution in [0.4, 0.5) is 0 Å². The molecule has 9 aromatic rings. The summed E-state index contributed by atoms with van der Waals surface area (Å²) in [5, 5.41) is 5.43. The van der Waals surface area contributed by atoms with Crippen molar-refractivity contribution in [2.75, 3.05) is 0 Å². The van der Waals surface area contributed by atoms with E-state index in [0.29, 0.717) is 0 Å². The Morgan fingerprint density at radius 3 is 1.84 bits per heavy atom. The van der Waals surface area contributed by atoms with Crippen LogP contribution >= 0.6 is 0 Å². The molecule has 210 valence electrons. The molecule has 5 aromatic heterocycles. The topological polar surface area (TPSA) is 64.7 Å². The summed E-state index contributed by atoms with van der Waals surface area (Å²) in [6.45, 7) is 0. The normalized spacial score (nSPS) is 11.6. The van der Waals surface area contributed by atoms with Gasteiger partial charge in [0.25, 0.3) is 0 Å². The minimum Gasteiger partial charge on any atom is -0.455 e. The first-order chi connectivity index (χ1) is 22.3. The summed E-state index contributed by atoms with van der Waals surface area (Å²) in [6, 6.07) is 45.4. The van der Waals surface area contributed by atoms with E-state index in [0.717, 1.165) is 88.8 Å². The average molecular weight is 577 g/mol. The Morgan fingerprint density at radius 1 is 0.422 bits per heavy atom. The van der Waals surface area contributed by atoms with Crippen LogP contribution < -0.4 is 0 Å². The summed E-state index contributed by atoms with van der Waals surface area (Å²) in [5.41, 5.74) is 9.92. The van der Waals surface area contributed by atoms with E-state index in [1.165, 1.54) is 0 Å². The largest absolute Gasteiger partial charge is 0.455 e. The van der Waals surface area contributed by atoms with Gasteiger partial charge in [0.05, 0.1) is 34.0 Å². The molecule has 5 nitrogen and oxygen atoms in total. The zero-order valence-electron chi connectivity index (χ0n) is 24.1. The Bertz CT molecular complexity index is 2480. The summed E-state index contributed by atoms with van der Waals surface area (Å²) >= 11 is 0. The molecule has 9 rings (SSSR count). The third-order valence-corrected chi connectivity index (χ3v) is 8.36. The molecule has 0 saturated heterocycles. The quantitative estimate of drug-likeness (QED) is 0.195. The van der Waals surface area contributed by atoms with Gasteiger partial charge in [0.2, 0.25) is 0 Å². The third kappa shape index (κ3) is 4.25. The lowest BCUT2D eigenvalue weighted by Gasteiger charge is -2.13. The first kappa shape index (κ1) is 25.3. The zero-order valence-corrected chi connectivity index (χ0v) is 24.1. The van der Waals surface area contributed by atoms with Crippen LogP contribution in [0.25, 0.3) is 88.8 Å². The number of para-hydroxylation sites is 2. The smallest absolute Gasteiger partial charge is 0.144 e. The predicted molar refractivity (Wildman–Crippen MR) is 182 cm³/mol. The fourth-order valence-electron chi connectivity index (χ4n) is 6.27. The molecule has 5 heteroatoms. The van der Waals surface area contributed by atoms with Crippen molar-refractivity contribution < 1.29 is 4.42 Å². The van der Waals surface area contributed by atoms with Gasteiger partial charge in [0, 0.05) is 44.9 Å². The molecule has 0 spiro atoms. The van der Waals surface area contributed by atoms with E-state index in [2.05, 4.69) is 88.8 Å². The van der Waals surface area contributed by atoms with E-state index in [1.54, 1.807) is 12.4 Å². The molecule has 5 heterocycles. The lowest BCUT2D eigenvalue weighted by atomic mass is 9.95. The fourth-order valence-corrected chi connectivity index (χ4v) is 6.27. The molecular formula is C40H24N4O. The monoisotopic (exact) mass is 576 g/mol. The summed E-state index contributed by atoms with van der Waals surface area (Å²) < 4.78 is 6.52. The minimum atomic E-state index is 0.792. The van der Waals surface area contributed by atoms with Crippen LogP contribution in [0.2, 0.25) is 0 Å². The van der Waals surface area contributed by atoms with Crippen LogP contribution in [0, 0.1) is 0 Å². The molecule has 0 aliphatic rings. The van der Waals surface area contributed by atoms with Crippen molar-refractivity contribution in [2.45, 2.75) is 0 Å². The van der Waals surface area contributed by atoms with Crippen molar-refractivity contribution in [3.05, 3.63) is 146 Å². The lowest BCUT2D eigenvalue weighted by molar-refractivity contribution is 0.673. The van der Waals surface area contributed by atoms with Gasteiger partial charge in [0.15, 0.2) is 0 Å². The van der Waals surface area contributed by atoms with Gasteiger partial charge in [-0.25, -0.2) is 9.97 Å². The molecule has 0 bridgehead atoms. The van der Waals surface area contributed by atoms with E-state index in [4.69, 9.17) is 14.4 Å². The molecule has 0 amide bonds. The van der Waals surface area contributed by atoms with Gasteiger partial charge in [-0.05, 0) is 71.8 Å². The molecular weight excluding hydrogens is 552 g/mol. The number of fused-ring (bicyclic) bond motifs is 7. The highest BCUT2D eigenvalue weighted by molar-refractivity contribution is 6.24. The molecule has 0 atom stereocenters. The van der Waals surface area contributed by atoms with Crippen LogP contribution in [0.5, 0.6) is 0 Å². The third-order valence-electron chi connectivity index (χ3n) is 8.36. The Kier molecular flexibility index (Phi) is 5.74. The van der Waals surface area contributed by atoms with Gasteiger partial charge in [-0.15, -0.1) is 0 Å². The maximum atomic E-state index is 6.52. The predicted octanol–water partition coefficient (Wildman–Crippen LogP) is 10.1. The lowest BCUT2D eigenvalue weighted by Crippen LogP contribution is -1.94. The second-order valence-electron chi connectivity index (χ2n) is 11.1. The van der Waals surface area contributed by atoms with E-state index in [-0.39, 0.29) is 0 Å². The van der Waals surface area contributed by atoms with Gasteiger partial charge in [-0.1, -0.05) is 72.8 Å². The highest BCUT2D eigenvalue weighted by Gasteiger charge is 2.18. The van der Waals surface area contributed by atoms with E-state index >= 15 is 0 Å². The Morgan fingerprint density at radius 2 is 1.09 bits per heavy atom. The van der Waals surface area contributed by atoms with Crippen molar-refractivity contribution in [3.63, 3.8) is 0 Å². The fraction of sp³-hybridized carbons (Fsp3) is 0. The summed E-state index contributed by atoms with van der Waals surface area (Å²) in [7, 11) is 0. The Labute approximate surface area is 258 Å². The van der Waals surface area contributed by atoms with Crippen LogP contribution in [0.15, 0.2) is 150 Å².